The fourth-order valence-corrected chi connectivity index (χ4v) is 4.69. The van der Waals surface area contributed by atoms with E-state index in [1.165, 1.54) is 12.3 Å². The van der Waals surface area contributed by atoms with Crippen LogP contribution in [0.4, 0.5) is 8.78 Å². The van der Waals surface area contributed by atoms with E-state index in [0.717, 1.165) is 31.4 Å². The molecule has 0 spiro atoms. The van der Waals surface area contributed by atoms with Crippen molar-refractivity contribution in [2.45, 2.75) is 97.7 Å². The van der Waals surface area contributed by atoms with Crippen LogP contribution in [0.25, 0.3) is 11.3 Å². The van der Waals surface area contributed by atoms with Gasteiger partial charge in [0.1, 0.15) is 23.5 Å². The maximum Gasteiger partial charge on any atom is 0.243 e. The standard InChI is InChI=1S/C29H41F2N5O3/c1-18-8-6-7-15-36(18)26(38)12-11-23(34-25(37)13-14-29(3,4)5)28(39)33-19(2)27-32-17-24(35-27)21-10-9-20(30)16-22(21)31/h9-10,16-19,23H,6-8,11-15H2,1-5H3,(H,32,35)(H,33,39)(H,34,37)/t18-,19-,23-/m0/s1. The van der Waals surface area contributed by atoms with E-state index in [2.05, 4.69) is 20.6 Å². The molecule has 3 atom stereocenters. The number of carbonyl (C=O) groups is 3. The number of nitrogens with zero attached hydrogens (tertiary/aromatic N) is 2. The van der Waals surface area contributed by atoms with Crippen molar-refractivity contribution in [3.05, 3.63) is 41.9 Å². The number of rotatable bonds is 10. The molecule has 39 heavy (non-hydrogen) atoms. The highest BCUT2D eigenvalue weighted by Gasteiger charge is 2.28. The quantitative estimate of drug-likeness (QED) is 0.390. The number of hydrogen-bond donors (Lipinski definition) is 3. The van der Waals surface area contributed by atoms with Crippen LogP contribution in [0.15, 0.2) is 24.4 Å². The lowest BCUT2D eigenvalue weighted by Gasteiger charge is -2.34. The predicted molar refractivity (Wildman–Crippen MR) is 145 cm³/mol. The van der Waals surface area contributed by atoms with E-state index >= 15 is 0 Å². The van der Waals surface area contributed by atoms with Crippen molar-refractivity contribution >= 4 is 17.7 Å². The normalized spacial score (nSPS) is 17.4. The van der Waals surface area contributed by atoms with E-state index < -0.39 is 29.6 Å². The zero-order valence-corrected chi connectivity index (χ0v) is 23.6. The molecule has 1 saturated heterocycles. The molecule has 1 aliphatic rings. The first-order valence-corrected chi connectivity index (χ1v) is 13.7. The Hall–Kier alpha value is -3.30. The Bertz CT molecular complexity index is 1160. The number of carbonyl (C=O) groups excluding carboxylic acids is 3. The first kappa shape index (κ1) is 30.2. The van der Waals surface area contributed by atoms with E-state index in [4.69, 9.17) is 0 Å². The van der Waals surface area contributed by atoms with Crippen LogP contribution in [-0.2, 0) is 14.4 Å². The molecule has 10 heteroatoms. The summed E-state index contributed by atoms with van der Waals surface area (Å²) in [6.07, 6.45) is 5.68. The summed E-state index contributed by atoms with van der Waals surface area (Å²) in [5, 5.41) is 5.67. The van der Waals surface area contributed by atoms with E-state index in [1.54, 1.807) is 6.92 Å². The van der Waals surface area contributed by atoms with E-state index in [0.29, 0.717) is 24.5 Å². The maximum absolute atomic E-state index is 14.2. The highest BCUT2D eigenvalue weighted by Crippen LogP contribution is 2.24. The van der Waals surface area contributed by atoms with Crippen LogP contribution < -0.4 is 10.6 Å². The predicted octanol–water partition coefficient (Wildman–Crippen LogP) is 5.02. The number of piperidine rings is 1. The van der Waals surface area contributed by atoms with E-state index in [-0.39, 0.29) is 48.1 Å². The molecule has 0 saturated carbocycles. The average molecular weight is 546 g/mol. The fourth-order valence-electron chi connectivity index (χ4n) is 4.69. The number of likely N-dealkylation sites (tertiary alicyclic amines) is 1. The zero-order chi connectivity index (χ0) is 28.7. The number of benzene rings is 1. The summed E-state index contributed by atoms with van der Waals surface area (Å²) in [6, 6.07) is 1.94. The molecule has 1 fully saturated rings. The Morgan fingerprint density at radius 1 is 1.15 bits per heavy atom. The van der Waals surface area contributed by atoms with Gasteiger partial charge in [-0.15, -0.1) is 0 Å². The van der Waals surface area contributed by atoms with Crippen molar-refractivity contribution in [1.82, 2.24) is 25.5 Å². The van der Waals surface area contributed by atoms with Gasteiger partial charge in [-0.25, -0.2) is 13.8 Å². The molecular formula is C29H41F2N5O3. The molecule has 3 rings (SSSR count). The summed E-state index contributed by atoms with van der Waals surface area (Å²) in [7, 11) is 0. The van der Waals surface area contributed by atoms with Gasteiger partial charge < -0.3 is 20.5 Å². The van der Waals surface area contributed by atoms with Crippen LogP contribution in [0.1, 0.15) is 91.4 Å². The highest BCUT2D eigenvalue weighted by molar-refractivity contribution is 5.88. The van der Waals surface area contributed by atoms with Crippen LogP contribution >= 0.6 is 0 Å². The van der Waals surface area contributed by atoms with Crippen LogP contribution in [0, 0.1) is 17.0 Å². The summed E-state index contributed by atoms with van der Waals surface area (Å²) < 4.78 is 27.5. The second kappa shape index (κ2) is 13.2. The van der Waals surface area contributed by atoms with Crippen LogP contribution in [0.2, 0.25) is 0 Å². The Morgan fingerprint density at radius 3 is 2.56 bits per heavy atom. The number of amides is 3. The number of H-pyrrole nitrogens is 1. The van der Waals surface area contributed by atoms with E-state index in [9.17, 15) is 23.2 Å². The van der Waals surface area contributed by atoms with Crippen LogP contribution in [-0.4, -0.2) is 51.2 Å². The second-order valence-electron chi connectivity index (χ2n) is 11.7. The lowest BCUT2D eigenvalue weighted by molar-refractivity contribution is -0.135. The van der Waals surface area contributed by atoms with Crippen molar-refractivity contribution in [3.8, 4) is 11.3 Å². The molecule has 3 N–H and O–H groups in total. The summed E-state index contributed by atoms with van der Waals surface area (Å²) >= 11 is 0. The van der Waals surface area contributed by atoms with Gasteiger partial charge >= 0.3 is 0 Å². The number of hydrogen-bond acceptors (Lipinski definition) is 4. The number of aromatic amines is 1. The molecule has 214 valence electrons. The fraction of sp³-hybridized carbons (Fsp3) is 0.586. The maximum atomic E-state index is 14.2. The number of aromatic nitrogens is 2. The lowest BCUT2D eigenvalue weighted by atomic mass is 9.90. The van der Waals surface area contributed by atoms with Gasteiger partial charge in [-0.05, 0) is 63.5 Å². The van der Waals surface area contributed by atoms with Crippen molar-refractivity contribution in [3.63, 3.8) is 0 Å². The average Bonchev–Trinajstić information content (AvgIpc) is 3.35. The topological polar surface area (TPSA) is 107 Å². The number of halogens is 2. The molecule has 8 nitrogen and oxygen atoms in total. The molecular weight excluding hydrogens is 504 g/mol. The Kier molecular flexibility index (Phi) is 10.2. The van der Waals surface area contributed by atoms with Crippen molar-refractivity contribution in [1.29, 1.82) is 0 Å². The third-order valence-electron chi connectivity index (χ3n) is 7.11. The Labute approximate surface area is 229 Å². The first-order chi connectivity index (χ1) is 18.3. The molecule has 0 unspecified atom stereocenters. The minimum Gasteiger partial charge on any atom is -0.345 e. The zero-order valence-electron chi connectivity index (χ0n) is 23.6. The van der Waals surface area contributed by atoms with Gasteiger partial charge in [0.25, 0.3) is 0 Å². The van der Waals surface area contributed by atoms with Crippen molar-refractivity contribution < 1.29 is 23.2 Å². The van der Waals surface area contributed by atoms with Crippen molar-refractivity contribution in [2.75, 3.05) is 6.54 Å². The van der Waals surface area contributed by atoms with Gasteiger partial charge in [0.15, 0.2) is 0 Å². The largest absolute Gasteiger partial charge is 0.345 e. The van der Waals surface area contributed by atoms with Crippen molar-refractivity contribution in [2.24, 2.45) is 5.41 Å². The summed E-state index contributed by atoms with van der Waals surface area (Å²) in [5.74, 6) is -1.74. The Morgan fingerprint density at radius 2 is 1.90 bits per heavy atom. The van der Waals surface area contributed by atoms with Crippen LogP contribution in [0.3, 0.4) is 0 Å². The van der Waals surface area contributed by atoms with Gasteiger partial charge in [0.2, 0.25) is 17.7 Å². The van der Waals surface area contributed by atoms with Gasteiger partial charge in [-0.3, -0.25) is 14.4 Å². The molecule has 0 bridgehead atoms. The molecule has 2 heterocycles. The monoisotopic (exact) mass is 545 g/mol. The number of nitrogens with one attached hydrogen (secondary N) is 3. The smallest absolute Gasteiger partial charge is 0.243 e. The third kappa shape index (κ3) is 8.86. The van der Waals surface area contributed by atoms with Gasteiger partial charge in [-0.1, -0.05) is 20.8 Å². The summed E-state index contributed by atoms with van der Waals surface area (Å²) in [4.78, 5) is 48.0. The second-order valence-corrected chi connectivity index (χ2v) is 11.7. The molecule has 2 aromatic rings. The molecule has 1 aromatic heterocycles. The molecule has 0 aliphatic carbocycles. The van der Waals surface area contributed by atoms with Gasteiger partial charge in [0, 0.05) is 37.1 Å². The molecule has 1 aliphatic heterocycles. The van der Waals surface area contributed by atoms with Gasteiger partial charge in [-0.2, -0.15) is 0 Å². The molecule has 0 radical (unpaired) electrons. The first-order valence-electron chi connectivity index (χ1n) is 13.7. The highest BCUT2D eigenvalue weighted by atomic mass is 19.1. The molecule has 1 aromatic carbocycles. The molecule has 3 amide bonds. The van der Waals surface area contributed by atoms with E-state index in [1.807, 2.05) is 32.6 Å². The minimum absolute atomic E-state index is 0.0195. The SMILES string of the molecule is C[C@H](NC(=O)[C@H](CCC(=O)N1CCCC[C@@H]1C)NC(=O)CCC(C)(C)C)c1ncc(-c2ccc(F)cc2F)[nH]1. The summed E-state index contributed by atoms with van der Waals surface area (Å²) in [5.41, 5.74) is 0.463. The third-order valence-corrected chi connectivity index (χ3v) is 7.11. The lowest BCUT2D eigenvalue weighted by Crippen LogP contribution is -2.48. The minimum atomic E-state index is -0.895. The summed E-state index contributed by atoms with van der Waals surface area (Å²) in [6.45, 7) is 10.6. The number of imidazole rings is 1. The van der Waals surface area contributed by atoms with Gasteiger partial charge in [0.05, 0.1) is 17.9 Å². The van der Waals surface area contributed by atoms with Crippen LogP contribution in [0.5, 0.6) is 0 Å². The Balaban J connectivity index is 1.67.